The third-order valence-electron chi connectivity index (χ3n) is 3.42. The maximum Gasteiger partial charge on any atom is 0.313 e. The zero-order chi connectivity index (χ0) is 14.3. The lowest BCUT2D eigenvalue weighted by Gasteiger charge is -2.16. The second-order valence-electron chi connectivity index (χ2n) is 5.27. The number of carbonyl (C=O) groups excluding carboxylic acids is 1. The van der Waals surface area contributed by atoms with Gasteiger partial charge < -0.3 is 4.74 Å². The Morgan fingerprint density at radius 3 is 2.16 bits per heavy atom. The molecule has 1 unspecified atom stereocenters. The fourth-order valence-electron chi connectivity index (χ4n) is 2.18. The number of unbranched alkanes of at least 4 members (excludes halogenated alkanes) is 1. The molecule has 0 radical (unpaired) electrons. The molecule has 0 aromatic heterocycles. The molecule has 0 amide bonds. The van der Waals surface area contributed by atoms with Crippen LogP contribution in [0.3, 0.4) is 0 Å². The lowest BCUT2D eigenvalue weighted by Crippen LogP contribution is -2.16. The largest absolute Gasteiger partial charge is 0.466 e. The van der Waals surface area contributed by atoms with Crippen LogP contribution in [0.5, 0.6) is 0 Å². The van der Waals surface area contributed by atoms with Crippen molar-refractivity contribution in [2.75, 3.05) is 6.61 Å². The minimum absolute atomic E-state index is 0.0896. The van der Waals surface area contributed by atoms with E-state index < -0.39 is 0 Å². The highest BCUT2D eigenvalue weighted by molar-refractivity contribution is 5.78. The predicted molar refractivity (Wildman–Crippen MR) is 79.4 cm³/mol. The van der Waals surface area contributed by atoms with Gasteiger partial charge in [-0.3, -0.25) is 4.79 Å². The van der Waals surface area contributed by atoms with Gasteiger partial charge in [0.25, 0.3) is 0 Å². The van der Waals surface area contributed by atoms with Gasteiger partial charge in [0.05, 0.1) is 12.5 Å². The second-order valence-corrected chi connectivity index (χ2v) is 5.27. The van der Waals surface area contributed by atoms with Crippen molar-refractivity contribution in [2.24, 2.45) is 0 Å². The lowest BCUT2D eigenvalue weighted by atomic mass is 9.91. The fraction of sp³-hybridized carbons (Fsp3) is 0.588. The highest BCUT2D eigenvalue weighted by Crippen LogP contribution is 2.25. The fourth-order valence-corrected chi connectivity index (χ4v) is 2.18. The molecule has 1 atom stereocenters. The molecule has 0 aliphatic heterocycles. The maximum atomic E-state index is 12.0. The minimum atomic E-state index is -0.110. The Labute approximate surface area is 117 Å². The molecule has 0 spiro atoms. The second kappa shape index (κ2) is 7.98. The highest BCUT2D eigenvalue weighted by Gasteiger charge is 2.21. The first-order valence-corrected chi connectivity index (χ1v) is 7.36. The van der Waals surface area contributed by atoms with Crippen molar-refractivity contribution in [3.63, 3.8) is 0 Å². The summed E-state index contributed by atoms with van der Waals surface area (Å²) >= 11 is 0. The number of rotatable bonds is 7. The van der Waals surface area contributed by atoms with Gasteiger partial charge in [0.15, 0.2) is 0 Å². The molecule has 0 fully saturated rings. The SMILES string of the molecule is CCCCC(C(=O)OCC)c1ccc(C(C)C)cc1. The van der Waals surface area contributed by atoms with Gasteiger partial charge in [-0.1, -0.05) is 57.9 Å². The van der Waals surface area contributed by atoms with Crippen LogP contribution in [-0.2, 0) is 9.53 Å². The Kier molecular flexibility index (Phi) is 6.61. The van der Waals surface area contributed by atoms with Gasteiger partial charge in [0, 0.05) is 0 Å². The Balaban J connectivity index is 2.86. The average Bonchev–Trinajstić information content (AvgIpc) is 2.40. The maximum absolute atomic E-state index is 12.0. The Hall–Kier alpha value is -1.31. The summed E-state index contributed by atoms with van der Waals surface area (Å²) in [5, 5.41) is 0. The zero-order valence-corrected chi connectivity index (χ0v) is 12.6. The molecule has 106 valence electrons. The van der Waals surface area contributed by atoms with Gasteiger partial charge in [-0.25, -0.2) is 0 Å². The summed E-state index contributed by atoms with van der Waals surface area (Å²) in [6.07, 6.45) is 3.02. The zero-order valence-electron chi connectivity index (χ0n) is 12.6. The predicted octanol–water partition coefficient (Wildman–Crippen LogP) is 4.65. The van der Waals surface area contributed by atoms with Crippen molar-refractivity contribution in [1.82, 2.24) is 0 Å². The van der Waals surface area contributed by atoms with Gasteiger partial charge in [-0.2, -0.15) is 0 Å². The van der Waals surface area contributed by atoms with Crippen LogP contribution in [0.1, 0.15) is 69.9 Å². The van der Waals surface area contributed by atoms with E-state index in [0.29, 0.717) is 12.5 Å². The quantitative estimate of drug-likeness (QED) is 0.669. The Morgan fingerprint density at radius 2 is 1.68 bits per heavy atom. The standard InChI is InChI=1S/C17H26O2/c1-5-7-8-16(17(18)19-6-2)15-11-9-14(10-12-15)13(3)4/h9-13,16H,5-8H2,1-4H3. The minimum Gasteiger partial charge on any atom is -0.466 e. The van der Waals surface area contributed by atoms with Crippen LogP contribution >= 0.6 is 0 Å². The van der Waals surface area contributed by atoms with Gasteiger partial charge in [-0.05, 0) is 30.4 Å². The number of ether oxygens (including phenoxy) is 1. The van der Waals surface area contributed by atoms with E-state index in [0.717, 1.165) is 24.8 Å². The number of esters is 1. The van der Waals surface area contributed by atoms with Crippen LogP contribution in [0.4, 0.5) is 0 Å². The summed E-state index contributed by atoms with van der Waals surface area (Å²) in [6.45, 7) is 8.80. The van der Waals surface area contributed by atoms with Crippen LogP contribution in [-0.4, -0.2) is 12.6 Å². The van der Waals surface area contributed by atoms with E-state index >= 15 is 0 Å². The van der Waals surface area contributed by atoms with Gasteiger partial charge in [-0.15, -0.1) is 0 Å². The molecule has 0 saturated heterocycles. The van der Waals surface area contributed by atoms with Gasteiger partial charge >= 0.3 is 5.97 Å². The molecule has 2 nitrogen and oxygen atoms in total. The van der Waals surface area contributed by atoms with Crippen molar-refractivity contribution in [2.45, 2.75) is 58.8 Å². The van der Waals surface area contributed by atoms with Gasteiger partial charge in [0.1, 0.15) is 0 Å². The molecule has 0 heterocycles. The van der Waals surface area contributed by atoms with Gasteiger partial charge in [0.2, 0.25) is 0 Å². The molecule has 1 aromatic rings. The lowest BCUT2D eigenvalue weighted by molar-refractivity contribution is -0.145. The van der Waals surface area contributed by atoms with Crippen LogP contribution in [0.2, 0.25) is 0 Å². The summed E-state index contributed by atoms with van der Waals surface area (Å²) in [7, 11) is 0. The van der Waals surface area contributed by atoms with E-state index in [9.17, 15) is 4.79 Å². The number of hydrogen-bond donors (Lipinski definition) is 0. The molecule has 0 aliphatic carbocycles. The monoisotopic (exact) mass is 262 g/mol. The molecule has 1 aromatic carbocycles. The highest BCUT2D eigenvalue weighted by atomic mass is 16.5. The molecule has 0 saturated carbocycles. The molecular formula is C17H26O2. The van der Waals surface area contributed by atoms with Crippen LogP contribution < -0.4 is 0 Å². The molecule has 0 N–H and O–H groups in total. The van der Waals surface area contributed by atoms with Crippen molar-refractivity contribution in [1.29, 1.82) is 0 Å². The normalized spacial score (nSPS) is 12.5. The summed E-state index contributed by atoms with van der Waals surface area (Å²) in [6, 6.07) is 8.40. The summed E-state index contributed by atoms with van der Waals surface area (Å²) < 4.78 is 5.19. The van der Waals surface area contributed by atoms with Crippen molar-refractivity contribution < 1.29 is 9.53 Å². The number of hydrogen-bond acceptors (Lipinski definition) is 2. The summed E-state index contributed by atoms with van der Waals surface area (Å²) in [5.41, 5.74) is 2.39. The van der Waals surface area contributed by atoms with Crippen molar-refractivity contribution >= 4 is 5.97 Å². The number of benzene rings is 1. The third-order valence-corrected chi connectivity index (χ3v) is 3.42. The first-order chi connectivity index (χ1) is 9.10. The van der Waals surface area contributed by atoms with E-state index in [-0.39, 0.29) is 11.9 Å². The summed E-state index contributed by atoms with van der Waals surface area (Å²) in [4.78, 5) is 12.0. The van der Waals surface area contributed by atoms with Crippen LogP contribution in [0.25, 0.3) is 0 Å². The molecule has 2 heteroatoms. The Morgan fingerprint density at radius 1 is 1.11 bits per heavy atom. The first-order valence-electron chi connectivity index (χ1n) is 7.36. The van der Waals surface area contributed by atoms with E-state index in [1.807, 2.05) is 6.92 Å². The van der Waals surface area contributed by atoms with Crippen LogP contribution in [0.15, 0.2) is 24.3 Å². The number of carbonyl (C=O) groups is 1. The van der Waals surface area contributed by atoms with E-state index in [2.05, 4.69) is 45.0 Å². The molecular weight excluding hydrogens is 236 g/mol. The van der Waals surface area contributed by atoms with E-state index in [1.54, 1.807) is 0 Å². The Bertz CT molecular complexity index is 379. The average molecular weight is 262 g/mol. The molecule has 19 heavy (non-hydrogen) atoms. The van der Waals surface area contributed by atoms with Crippen LogP contribution in [0, 0.1) is 0 Å². The smallest absolute Gasteiger partial charge is 0.313 e. The van der Waals surface area contributed by atoms with Crippen molar-refractivity contribution in [3.8, 4) is 0 Å². The third kappa shape index (κ3) is 4.70. The van der Waals surface area contributed by atoms with E-state index in [4.69, 9.17) is 4.74 Å². The summed E-state index contributed by atoms with van der Waals surface area (Å²) in [5.74, 6) is 0.320. The first kappa shape index (κ1) is 15.7. The molecule has 1 rings (SSSR count). The molecule has 0 bridgehead atoms. The van der Waals surface area contributed by atoms with E-state index in [1.165, 1.54) is 5.56 Å². The molecule has 0 aliphatic rings. The van der Waals surface area contributed by atoms with Crippen molar-refractivity contribution in [3.05, 3.63) is 35.4 Å². The topological polar surface area (TPSA) is 26.3 Å².